The van der Waals surface area contributed by atoms with Crippen LogP contribution in [0.2, 0.25) is 0 Å². The molecule has 10 heteroatoms. The highest BCUT2D eigenvalue weighted by Crippen LogP contribution is 2.16. The van der Waals surface area contributed by atoms with Crippen LogP contribution in [-0.4, -0.2) is 30.1 Å². The fraction of sp³-hybridized carbons (Fsp3) is 0. The topological polar surface area (TPSA) is 69.2 Å². The number of para-hydroxylation sites is 4. The molecule has 8 rings (SSSR count). The summed E-state index contributed by atoms with van der Waals surface area (Å²) < 4.78 is 2.02. The highest BCUT2D eigenvalue weighted by atomic mass is 35.5. The normalized spacial score (nSPS) is 10.2. The van der Waals surface area contributed by atoms with Crippen LogP contribution < -0.4 is 34.3 Å². The highest BCUT2D eigenvalue weighted by molar-refractivity contribution is 5.53. The Bertz CT molecular complexity index is 1940. The standard InChI is InChI=1S/2C19H15N4.2ClH/c1-4-10-16(11-5-1)19-20-21-23(18-14-8-3-9-15-18)22(19)17-12-6-2-7-13-17;1-4-10-16(11-5-1)19-20-22(17-12-6-2-7-13-17)23(21-19)18-14-8-3-9-15-18;;/h2*1-15H;2*1H/q2*+1;;/p-2. The Balaban J connectivity index is 0.000000180. The summed E-state index contributed by atoms with van der Waals surface area (Å²) >= 11 is 0. The second-order valence-electron chi connectivity index (χ2n) is 10.3. The van der Waals surface area contributed by atoms with Gasteiger partial charge in [0.25, 0.3) is 0 Å². The van der Waals surface area contributed by atoms with Gasteiger partial charge in [0, 0.05) is 4.80 Å². The molecule has 0 N–H and O–H groups in total. The Morgan fingerprint density at radius 3 is 1.35 bits per heavy atom. The van der Waals surface area contributed by atoms with E-state index in [0.717, 1.165) is 39.7 Å². The van der Waals surface area contributed by atoms with Crippen molar-refractivity contribution in [1.29, 1.82) is 0 Å². The molecule has 236 valence electrons. The SMILES string of the molecule is [Cl-].[Cl-].c1ccc(-c2nn(-c3ccccc3)[n+](-c3ccccc3)n2)cc1.c1ccc(-c2nnn(-c3ccccc3)[n+]2-c2ccccc2)cc1. The molecule has 0 radical (unpaired) electrons. The zero-order chi connectivity index (χ0) is 31.0. The lowest BCUT2D eigenvalue weighted by molar-refractivity contribution is -0.734. The van der Waals surface area contributed by atoms with Crippen molar-refractivity contribution in [2.45, 2.75) is 0 Å². The number of hydrogen-bond acceptors (Lipinski definition) is 4. The zero-order valence-corrected chi connectivity index (χ0v) is 27.2. The minimum atomic E-state index is 0. The minimum absolute atomic E-state index is 0. The summed E-state index contributed by atoms with van der Waals surface area (Å²) in [5.41, 5.74) is 5.92. The zero-order valence-electron chi connectivity index (χ0n) is 25.7. The van der Waals surface area contributed by atoms with Gasteiger partial charge in [0.1, 0.15) is 22.2 Å². The summed E-state index contributed by atoms with van der Waals surface area (Å²) in [5.74, 6) is 1.50. The summed E-state index contributed by atoms with van der Waals surface area (Å²) in [5, 5.41) is 18.2. The van der Waals surface area contributed by atoms with E-state index in [1.165, 1.54) is 0 Å². The molecule has 8 aromatic rings. The molecular formula is C38H30Cl2N8. The van der Waals surface area contributed by atoms with Crippen LogP contribution in [-0.2, 0) is 0 Å². The van der Waals surface area contributed by atoms with Crippen LogP contribution in [0.4, 0.5) is 0 Å². The third kappa shape index (κ3) is 7.36. The maximum atomic E-state index is 4.70. The van der Waals surface area contributed by atoms with Crippen LogP contribution in [0.25, 0.3) is 45.5 Å². The van der Waals surface area contributed by atoms with E-state index in [1.54, 1.807) is 0 Å². The first-order chi connectivity index (χ1) is 22.8. The maximum absolute atomic E-state index is 4.70. The molecule has 2 aromatic heterocycles. The van der Waals surface area contributed by atoms with Gasteiger partial charge in [0.05, 0.1) is 16.2 Å². The Labute approximate surface area is 291 Å². The third-order valence-electron chi connectivity index (χ3n) is 7.20. The van der Waals surface area contributed by atoms with E-state index >= 15 is 0 Å². The number of benzene rings is 6. The van der Waals surface area contributed by atoms with Crippen LogP contribution >= 0.6 is 0 Å². The fourth-order valence-electron chi connectivity index (χ4n) is 5.00. The van der Waals surface area contributed by atoms with Crippen LogP contribution in [0.3, 0.4) is 0 Å². The molecule has 0 atom stereocenters. The molecular weight excluding hydrogens is 639 g/mol. The van der Waals surface area contributed by atoms with Crippen molar-refractivity contribution < 1.29 is 34.3 Å². The molecule has 6 aromatic carbocycles. The van der Waals surface area contributed by atoms with Crippen molar-refractivity contribution in [3.05, 3.63) is 182 Å². The van der Waals surface area contributed by atoms with Crippen molar-refractivity contribution in [2.75, 3.05) is 0 Å². The summed E-state index contributed by atoms with van der Waals surface area (Å²) in [6.45, 7) is 0. The van der Waals surface area contributed by atoms with E-state index in [4.69, 9.17) is 10.2 Å². The molecule has 8 nitrogen and oxygen atoms in total. The summed E-state index contributed by atoms with van der Waals surface area (Å²) in [6.07, 6.45) is 0. The van der Waals surface area contributed by atoms with E-state index in [9.17, 15) is 0 Å². The third-order valence-corrected chi connectivity index (χ3v) is 7.20. The van der Waals surface area contributed by atoms with Crippen LogP contribution in [0, 0.1) is 0 Å². The molecule has 48 heavy (non-hydrogen) atoms. The number of tetrazole rings is 2. The van der Waals surface area contributed by atoms with E-state index in [0.29, 0.717) is 5.82 Å². The van der Waals surface area contributed by atoms with Gasteiger partial charge in [-0.05, 0) is 87.5 Å². The molecule has 0 saturated carbocycles. The number of rotatable bonds is 6. The lowest BCUT2D eigenvalue weighted by atomic mass is 10.2. The largest absolute Gasteiger partial charge is 1.00 e. The molecule has 0 bridgehead atoms. The lowest BCUT2D eigenvalue weighted by Crippen LogP contribution is -3.00. The summed E-state index contributed by atoms with van der Waals surface area (Å²) in [7, 11) is 0. The molecule has 0 spiro atoms. The van der Waals surface area contributed by atoms with E-state index < -0.39 is 0 Å². The number of halogens is 2. The molecule has 2 heterocycles. The van der Waals surface area contributed by atoms with Crippen molar-refractivity contribution in [3.8, 4) is 45.5 Å². The van der Waals surface area contributed by atoms with Gasteiger partial charge in [-0.3, -0.25) is 0 Å². The predicted molar refractivity (Wildman–Crippen MR) is 177 cm³/mol. The quantitative estimate of drug-likeness (QED) is 0.241. The fourth-order valence-corrected chi connectivity index (χ4v) is 5.00. The van der Waals surface area contributed by atoms with E-state index in [-0.39, 0.29) is 24.8 Å². The van der Waals surface area contributed by atoms with Gasteiger partial charge in [-0.2, -0.15) is 0 Å². The highest BCUT2D eigenvalue weighted by Gasteiger charge is 2.25. The first-order valence-electron chi connectivity index (χ1n) is 15.0. The molecule has 0 aliphatic rings. The molecule has 0 amide bonds. The van der Waals surface area contributed by atoms with Crippen molar-refractivity contribution in [1.82, 2.24) is 30.1 Å². The van der Waals surface area contributed by atoms with Gasteiger partial charge in [-0.1, -0.05) is 109 Å². The predicted octanol–water partition coefficient (Wildman–Crippen LogP) is 0.430. The van der Waals surface area contributed by atoms with Crippen LogP contribution in [0.5, 0.6) is 0 Å². The monoisotopic (exact) mass is 668 g/mol. The molecule has 0 fully saturated rings. The summed E-state index contributed by atoms with van der Waals surface area (Å²) in [4.78, 5) is 5.45. The first-order valence-corrected chi connectivity index (χ1v) is 15.0. The number of aromatic nitrogens is 8. The van der Waals surface area contributed by atoms with E-state index in [2.05, 4.69) is 22.4 Å². The lowest BCUT2D eigenvalue weighted by Gasteiger charge is -2.04. The number of hydrogen-bond donors (Lipinski definition) is 0. The van der Waals surface area contributed by atoms with Gasteiger partial charge in [-0.25, -0.2) is 0 Å². The van der Waals surface area contributed by atoms with Gasteiger partial charge >= 0.3 is 11.6 Å². The van der Waals surface area contributed by atoms with Gasteiger partial charge in [0.15, 0.2) is 10.9 Å². The van der Waals surface area contributed by atoms with Crippen molar-refractivity contribution in [2.24, 2.45) is 0 Å². The van der Waals surface area contributed by atoms with Crippen LogP contribution in [0.1, 0.15) is 0 Å². The Kier molecular flexibility index (Phi) is 11.2. The van der Waals surface area contributed by atoms with Gasteiger partial charge < -0.3 is 24.8 Å². The molecule has 0 aliphatic heterocycles. The molecule has 0 saturated heterocycles. The Morgan fingerprint density at radius 2 is 0.833 bits per heavy atom. The average Bonchev–Trinajstić information content (AvgIpc) is 3.81. The van der Waals surface area contributed by atoms with Gasteiger partial charge in [0.2, 0.25) is 0 Å². The molecule has 0 unspecified atom stereocenters. The van der Waals surface area contributed by atoms with E-state index in [1.807, 2.05) is 189 Å². The summed E-state index contributed by atoms with van der Waals surface area (Å²) in [6, 6.07) is 60.3. The molecule has 0 aliphatic carbocycles. The van der Waals surface area contributed by atoms with Crippen LogP contribution in [0.15, 0.2) is 182 Å². The Hall–Kier alpha value is -5.96. The average molecular weight is 670 g/mol. The first kappa shape index (κ1) is 33.4. The number of nitrogens with zero attached hydrogens (tertiary/aromatic N) is 8. The van der Waals surface area contributed by atoms with Crippen molar-refractivity contribution >= 4 is 0 Å². The smallest absolute Gasteiger partial charge is 0.340 e. The Morgan fingerprint density at radius 1 is 0.417 bits per heavy atom. The van der Waals surface area contributed by atoms with Gasteiger partial charge in [-0.15, -0.1) is 4.68 Å². The minimum Gasteiger partial charge on any atom is -1.00 e. The second-order valence-corrected chi connectivity index (χ2v) is 10.3. The maximum Gasteiger partial charge on any atom is 0.340 e. The second kappa shape index (κ2) is 16.0. The van der Waals surface area contributed by atoms with Crippen molar-refractivity contribution in [3.63, 3.8) is 0 Å².